The molecule has 0 saturated carbocycles. The lowest BCUT2D eigenvalue weighted by atomic mass is 10.3. The van der Waals surface area contributed by atoms with Crippen LogP contribution in [0, 0.1) is 3.57 Å². The second-order valence-corrected chi connectivity index (χ2v) is 9.04. The second kappa shape index (κ2) is 7.11. The zero-order valence-electron chi connectivity index (χ0n) is 11.2. The molecule has 6 nitrogen and oxygen atoms in total. The molecule has 0 unspecified atom stereocenters. The molecule has 10 heteroatoms. The van der Waals surface area contributed by atoms with Crippen LogP contribution in [0.15, 0.2) is 27.4 Å². The summed E-state index contributed by atoms with van der Waals surface area (Å²) in [5.74, 6) is 1.49. The van der Waals surface area contributed by atoms with Crippen molar-refractivity contribution in [2.45, 2.75) is 16.2 Å². The van der Waals surface area contributed by atoms with E-state index in [1.807, 2.05) is 29.5 Å². The third kappa shape index (κ3) is 4.20. The third-order valence-corrected chi connectivity index (χ3v) is 6.49. The van der Waals surface area contributed by atoms with E-state index in [1.165, 1.54) is 36.3 Å². The number of ether oxygens (including phenoxy) is 1. The van der Waals surface area contributed by atoms with Crippen molar-refractivity contribution in [2.24, 2.45) is 0 Å². The molecule has 0 aliphatic heterocycles. The van der Waals surface area contributed by atoms with Crippen molar-refractivity contribution in [1.82, 2.24) is 10.2 Å². The number of hydrogen-bond donors (Lipinski definition) is 1. The summed E-state index contributed by atoms with van der Waals surface area (Å²) in [6.45, 7) is 2.00. The van der Waals surface area contributed by atoms with E-state index in [4.69, 9.17) is 4.74 Å². The predicted molar refractivity (Wildman–Crippen MR) is 92.8 cm³/mol. The van der Waals surface area contributed by atoms with Crippen LogP contribution in [0.5, 0.6) is 5.75 Å². The number of methoxy groups -OCH3 is 1. The van der Waals surface area contributed by atoms with Gasteiger partial charge in [-0.2, -0.15) is 0 Å². The monoisotopic (exact) mass is 457 g/mol. The van der Waals surface area contributed by atoms with Gasteiger partial charge in [-0.25, -0.2) is 8.42 Å². The van der Waals surface area contributed by atoms with Gasteiger partial charge in [-0.1, -0.05) is 30.0 Å². The van der Waals surface area contributed by atoms with Crippen LogP contribution in [0.25, 0.3) is 0 Å². The minimum absolute atomic E-state index is 0.160. The number of hydrogen-bond acceptors (Lipinski definition) is 7. The first-order valence-electron chi connectivity index (χ1n) is 5.79. The van der Waals surface area contributed by atoms with Crippen LogP contribution in [0.1, 0.15) is 6.92 Å². The Labute approximate surface area is 144 Å². The van der Waals surface area contributed by atoms with Gasteiger partial charge in [0.25, 0.3) is 10.0 Å². The fourth-order valence-corrected chi connectivity index (χ4v) is 5.27. The third-order valence-electron chi connectivity index (χ3n) is 2.33. The highest BCUT2D eigenvalue weighted by molar-refractivity contribution is 14.1. The van der Waals surface area contributed by atoms with Crippen LogP contribution in [0.2, 0.25) is 0 Å². The van der Waals surface area contributed by atoms with Gasteiger partial charge in [-0.05, 0) is 46.5 Å². The van der Waals surface area contributed by atoms with E-state index in [1.54, 1.807) is 12.1 Å². The molecule has 2 aromatic rings. The quantitative estimate of drug-likeness (QED) is 0.531. The van der Waals surface area contributed by atoms with Gasteiger partial charge in [0.15, 0.2) is 4.34 Å². The number of benzene rings is 1. The van der Waals surface area contributed by atoms with Crippen molar-refractivity contribution >= 4 is 60.8 Å². The van der Waals surface area contributed by atoms with E-state index in [-0.39, 0.29) is 10.0 Å². The number of aromatic nitrogens is 2. The molecule has 2 rings (SSSR count). The van der Waals surface area contributed by atoms with Crippen LogP contribution in [0.3, 0.4) is 0 Å². The van der Waals surface area contributed by atoms with Gasteiger partial charge in [-0.3, -0.25) is 4.72 Å². The zero-order chi connectivity index (χ0) is 15.5. The van der Waals surface area contributed by atoms with Gasteiger partial charge in [0.2, 0.25) is 5.13 Å². The summed E-state index contributed by atoms with van der Waals surface area (Å²) in [7, 11) is -2.13. The Bertz CT molecular complexity index is 733. The standard InChI is InChI=1S/C11H12IN3O3S3/c1-3-19-11-14-13-10(20-11)15-21(16,17)7-4-5-9(18-2)8(12)6-7/h4-6H,3H2,1-2H3,(H,13,15). The zero-order valence-corrected chi connectivity index (χ0v) is 15.8. The molecule has 0 atom stereocenters. The van der Waals surface area contributed by atoms with Crippen molar-refractivity contribution in [2.75, 3.05) is 17.6 Å². The molecule has 0 aliphatic carbocycles. The summed E-state index contributed by atoms with van der Waals surface area (Å²) in [6, 6.07) is 4.66. The molecule has 0 radical (unpaired) electrons. The number of thioether (sulfide) groups is 1. The average molecular weight is 457 g/mol. The van der Waals surface area contributed by atoms with Gasteiger partial charge < -0.3 is 4.74 Å². The van der Waals surface area contributed by atoms with E-state index in [0.717, 1.165) is 13.7 Å². The molecular weight excluding hydrogens is 445 g/mol. The van der Waals surface area contributed by atoms with Crippen LogP contribution in [-0.2, 0) is 10.0 Å². The van der Waals surface area contributed by atoms with Crippen molar-refractivity contribution in [3.05, 3.63) is 21.8 Å². The largest absolute Gasteiger partial charge is 0.496 e. The topological polar surface area (TPSA) is 81.2 Å². The Morgan fingerprint density at radius 3 is 2.81 bits per heavy atom. The molecule has 1 aromatic carbocycles. The number of halogens is 1. The maximum atomic E-state index is 12.3. The number of sulfonamides is 1. The summed E-state index contributed by atoms with van der Waals surface area (Å²) in [5.41, 5.74) is 0. The molecule has 0 bridgehead atoms. The lowest BCUT2D eigenvalue weighted by Crippen LogP contribution is -2.13. The number of nitrogens with one attached hydrogen (secondary N) is 1. The van der Waals surface area contributed by atoms with Gasteiger partial charge >= 0.3 is 0 Å². The predicted octanol–water partition coefficient (Wildman–Crippen LogP) is 3.06. The van der Waals surface area contributed by atoms with E-state index in [0.29, 0.717) is 5.75 Å². The van der Waals surface area contributed by atoms with Crippen LogP contribution >= 0.6 is 45.7 Å². The molecule has 21 heavy (non-hydrogen) atoms. The van der Waals surface area contributed by atoms with Crippen LogP contribution in [-0.4, -0.2) is 31.5 Å². The van der Waals surface area contributed by atoms with Crippen LogP contribution in [0.4, 0.5) is 5.13 Å². The molecular formula is C11H12IN3O3S3. The second-order valence-electron chi connectivity index (χ2n) is 3.71. The fraction of sp³-hybridized carbons (Fsp3) is 0.273. The van der Waals surface area contributed by atoms with Crippen molar-refractivity contribution in [3.8, 4) is 5.75 Å². The highest BCUT2D eigenvalue weighted by atomic mass is 127. The van der Waals surface area contributed by atoms with E-state index in [2.05, 4.69) is 14.9 Å². The molecule has 1 N–H and O–H groups in total. The number of anilines is 1. The van der Waals surface area contributed by atoms with E-state index >= 15 is 0 Å². The van der Waals surface area contributed by atoms with Crippen molar-refractivity contribution < 1.29 is 13.2 Å². The molecule has 0 spiro atoms. The lowest BCUT2D eigenvalue weighted by Gasteiger charge is -2.07. The number of rotatable bonds is 6. The smallest absolute Gasteiger partial charge is 0.263 e. The van der Waals surface area contributed by atoms with Crippen LogP contribution < -0.4 is 9.46 Å². The van der Waals surface area contributed by atoms with Gasteiger partial charge in [0, 0.05) is 0 Å². The average Bonchev–Trinajstić information content (AvgIpc) is 2.85. The molecule has 1 aromatic heterocycles. The maximum Gasteiger partial charge on any atom is 0.263 e. The Balaban J connectivity index is 2.23. The molecule has 0 amide bonds. The van der Waals surface area contributed by atoms with E-state index < -0.39 is 10.0 Å². The molecule has 1 heterocycles. The summed E-state index contributed by atoms with van der Waals surface area (Å²) in [5, 5.41) is 8.01. The summed E-state index contributed by atoms with van der Waals surface area (Å²) < 4.78 is 33.6. The lowest BCUT2D eigenvalue weighted by molar-refractivity contribution is 0.411. The highest BCUT2D eigenvalue weighted by Gasteiger charge is 2.18. The SMILES string of the molecule is CCSc1nnc(NS(=O)(=O)c2ccc(OC)c(I)c2)s1. The van der Waals surface area contributed by atoms with Crippen molar-refractivity contribution in [3.63, 3.8) is 0 Å². The normalized spacial score (nSPS) is 11.4. The Hall–Kier alpha value is -0.590. The molecule has 0 saturated heterocycles. The van der Waals surface area contributed by atoms with Gasteiger partial charge in [0.1, 0.15) is 5.75 Å². The summed E-state index contributed by atoms with van der Waals surface area (Å²) in [6.07, 6.45) is 0. The molecule has 0 fully saturated rings. The Morgan fingerprint density at radius 1 is 1.43 bits per heavy atom. The minimum atomic E-state index is -3.67. The fourth-order valence-electron chi connectivity index (χ4n) is 1.42. The maximum absolute atomic E-state index is 12.3. The first-order chi connectivity index (χ1) is 9.96. The molecule has 114 valence electrons. The van der Waals surface area contributed by atoms with Gasteiger partial charge in [-0.15, -0.1) is 10.2 Å². The minimum Gasteiger partial charge on any atom is -0.496 e. The first-order valence-corrected chi connectivity index (χ1v) is 10.2. The van der Waals surface area contributed by atoms with Gasteiger partial charge in [0.05, 0.1) is 15.6 Å². The number of nitrogens with zero attached hydrogens (tertiary/aromatic N) is 2. The summed E-state index contributed by atoms with van der Waals surface area (Å²) in [4.78, 5) is 0.160. The summed E-state index contributed by atoms with van der Waals surface area (Å²) >= 11 is 4.76. The Kier molecular flexibility index (Phi) is 5.68. The van der Waals surface area contributed by atoms with Crippen molar-refractivity contribution in [1.29, 1.82) is 0 Å². The molecule has 0 aliphatic rings. The van der Waals surface area contributed by atoms with E-state index in [9.17, 15) is 8.42 Å². The Morgan fingerprint density at radius 2 is 2.19 bits per heavy atom. The highest BCUT2D eigenvalue weighted by Crippen LogP contribution is 2.28. The first kappa shape index (κ1) is 16.8.